The van der Waals surface area contributed by atoms with Crippen LogP contribution in [0.5, 0.6) is 0 Å². The summed E-state index contributed by atoms with van der Waals surface area (Å²) in [6.45, 7) is 11.4. The van der Waals surface area contributed by atoms with E-state index in [4.69, 9.17) is 4.74 Å². The highest BCUT2D eigenvalue weighted by Gasteiger charge is 2.06. The number of unbranched alkanes of at least 4 members (excludes halogenated alkanes) is 1. The third-order valence-electron chi connectivity index (χ3n) is 3.54. The molecular formula is C14H31NO. The van der Waals surface area contributed by atoms with Crippen molar-refractivity contribution in [3.05, 3.63) is 0 Å². The van der Waals surface area contributed by atoms with Gasteiger partial charge in [-0.25, -0.2) is 0 Å². The molecule has 1 atom stereocenters. The van der Waals surface area contributed by atoms with Crippen LogP contribution >= 0.6 is 0 Å². The summed E-state index contributed by atoms with van der Waals surface area (Å²) in [6, 6.07) is 0. The summed E-state index contributed by atoms with van der Waals surface area (Å²) >= 11 is 0. The predicted octanol–water partition coefficient (Wildman–Crippen LogP) is 3.56. The predicted molar refractivity (Wildman–Crippen MR) is 71.9 cm³/mol. The molecule has 0 aromatic carbocycles. The SMILES string of the molecule is CC[C@H](CCCCN(CC)CC)CCOC. The third kappa shape index (κ3) is 8.12. The minimum Gasteiger partial charge on any atom is -0.385 e. The van der Waals surface area contributed by atoms with Crippen LogP contribution in [-0.4, -0.2) is 38.3 Å². The fourth-order valence-corrected chi connectivity index (χ4v) is 2.15. The molecule has 0 aliphatic heterocycles. The topological polar surface area (TPSA) is 12.5 Å². The lowest BCUT2D eigenvalue weighted by Gasteiger charge is -2.19. The summed E-state index contributed by atoms with van der Waals surface area (Å²) in [5.74, 6) is 0.872. The number of ether oxygens (including phenoxy) is 1. The summed E-state index contributed by atoms with van der Waals surface area (Å²) in [5.41, 5.74) is 0. The van der Waals surface area contributed by atoms with Crippen molar-refractivity contribution in [1.29, 1.82) is 0 Å². The average Bonchev–Trinajstić information content (AvgIpc) is 2.33. The zero-order valence-corrected chi connectivity index (χ0v) is 11.8. The fourth-order valence-electron chi connectivity index (χ4n) is 2.15. The van der Waals surface area contributed by atoms with Crippen LogP contribution in [0.25, 0.3) is 0 Å². The molecule has 0 N–H and O–H groups in total. The lowest BCUT2D eigenvalue weighted by molar-refractivity contribution is 0.172. The monoisotopic (exact) mass is 229 g/mol. The molecule has 0 saturated carbocycles. The van der Waals surface area contributed by atoms with Crippen LogP contribution in [0.1, 0.15) is 52.9 Å². The molecule has 16 heavy (non-hydrogen) atoms. The molecular weight excluding hydrogens is 198 g/mol. The second-order valence-corrected chi connectivity index (χ2v) is 4.58. The van der Waals surface area contributed by atoms with Gasteiger partial charge in [0.2, 0.25) is 0 Å². The third-order valence-corrected chi connectivity index (χ3v) is 3.54. The maximum Gasteiger partial charge on any atom is 0.0464 e. The van der Waals surface area contributed by atoms with Gasteiger partial charge < -0.3 is 9.64 Å². The van der Waals surface area contributed by atoms with E-state index in [1.165, 1.54) is 51.7 Å². The van der Waals surface area contributed by atoms with Crippen molar-refractivity contribution in [2.45, 2.75) is 52.9 Å². The molecule has 98 valence electrons. The molecule has 0 amide bonds. The molecule has 0 heterocycles. The van der Waals surface area contributed by atoms with E-state index in [1.807, 2.05) is 0 Å². The average molecular weight is 229 g/mol. The van der Waals surface area contributed by atoms with Gasteiger partial charge in [0, 0.05) is 13.7 Å². The molecule has 2 heteroatoms. The van der Waals surface area contributed by atoms with Crippen molar-refractivity contribution in [2.24, 2.45) is 5.92 Å². The summed E-state index contributed by atoms with van der Waals surface area (Å²) in [6.07, 6.45) is 6.64. The van der Waals surface area contributed by atoms with E-state index in [-0.39, 0.29) is 0 Å². The second kappa shape index (κ2) is 11.4. The summed E-state index contributed by atoms with van der Waals surface area (Å²) in [4.78, 5) is 2.51. The molecule has 0 radical (unpaired) electrons. The second-order valence-electron chi connectivity index (χ2n) is 4.58. The molecule has 0 saturated heterocycles. The van der Waals surface area contributed by atoms with Crippen molar-refractivity contribution >= 4 is 0 Å². The molecule has 0 bridgehead atoms. The van der Waals surface area contributed by atoms with Gasteiger partial charge in [-0.15, -0.1) is 0 Å². The van der Waals surface area contributed by atoms with Crippen LogP contribution in [0.3, 0.4) is 0 Å². The van der Waals surface area contributed by atoms with E-state index in [1.54, 1.807) is 7.11 Å². The molecule has 0 fully saturated rings. The van der Waals surface area contributed by atoms with Crippen LogP contribution in [0.2, 0.25) is 0 Å². The van der Waals surface area contributed by atoms with Crippen LogP contribution < -0.4 is 0 Å². The first-order valence-corrected chi connectivity index (χ1v) is 6.99. The molecule has 0 spiro atoms. The van der Waals surface area contributed by atoms with Gasteiger partial charge in [-0.3, -0.25) is 0 Å². The van der Waals surface area contributed by atoms with Gasteiger partial charge in [-0.2, -0.15) is 0 Å². The van der Waals surface area contributed by atoms with Gasteiger partial charge in [-0.1, -0.05) is 40.0 Å². The van der Waals surface area contributed by atoms with E-state index in [0.29, 0.717) is 0 Å². The van der Waals surface area contributed by atoms with Gasteiger partial charge in [0.25, 0.3) is 0 Å². The zero-order chi connectivity index (χ0) is 12.2. The molecule has 0 aliphatic carbocycles. The Morgan fingerprint density at radius 1 is 1.00 bits per heavy atom. The Labute approximate surface area is 102 Å². The van der Waals surface area contributed by atoms with Gasteiger partial charge in [-0.05, 0) is 38.4 Å². The standard InChI is InChI=1S/C14H31NO/c1-5-14(11-13-16-4)10-8-9-12-15(6-2)7-3/h14H,5-13H2,1-4H3/t14-/m1/s1. The quantitative estimate of drug-likeness (QED) is 0.502. The van der Waals surface area contributed by atoms with Crippen LogP contribution in [-0.2, 0) is 4.74 Å². The molecule has 0 unspecified atom stereocenters. The fraction of sp³-hybridized carbons (Fsp3) is 1.00. The first-order chi connectivity index (χ1) is 7.78. The number of methoxy groups -OCH3 is 1. The highest BCUT2D eigenvalue weighted by atomic mass is 16.5. The summed E-state index contributed by atoms with van der Waals surface area (Å²) in [7, 11) is 1.80. The largest absolute Gasteiger partial charge is 0.385 e. The number of nitrogens with zero attached hydrogens (tertiary/aromatic N) is 1. The van der Waals surface area contributed by atoms with Crippen LogP contribution in [0.15, 0.2) is 0 Å². The Morgan fingerprint density at radius 3 is 2.19 bits per heavy atom. The normalized spacial score (nSPS) is 13.3. The molecule has 0 rings (SSSR count). The lowest BCUT2D eigenvalue weighted by atomic mass is 9.96. The van der Waals surface area contributed by atoms with E-state index < -0.39 is 0 Å². The number of hydrogen-bond donors (Lipinski definition) is 0. The van der Waals surface area contributed by atoms with Gasteiger partial charge in [0.05, 0.1) is 0 Å². The highest BCUT2D eigenvalue weighted by Crippen LogP contribution is 2.16. The van der Waals surface area contributed by atoms with Gasteiger partial charge in [0.1, 0.15) is 0 Å². The first kappa shape index (κ1) is 15.9. The Bertz CT molecular complexity index is 135. The van der Waals surface area contributed by atoms with Crippen molar-refractivity contribution in [3.63, 3.8) is 0 Å². The van der Waals surface area contributed by atoms with E-state index in [2.05, 4.69) is 25.7 Å². The first-order valence-electron chi connectivity index (χ1n) is 6.99. The zero-order valence-electron chi connectivity index (χ0n) is 11.8. The molecule has 2 nitrogen and oxygen atoms in total. The Hall–Kier alpha value is -0.0800. The summed E-state index contributed by atoms with van der Waals surface area (Å²) < 4.78 is 5.15. The van der Waals surface area contributed by atoms with Crippen molar-refractivity contribution in [2.75, 3.05) is 33.4 Å². The maximum absolute atomic E-state index is 5.15. The van der Waals surface area contributed by atoms with Gasteiger partial charge >= 0.3 is 0 Å². The smallest absolute Gasteiger partial charge is 0.0464 e. The Kier molecular flexibility index (Phi) is 11.3. The minimum atomic E-state index is 0.872. The van der Waals surface area contributed by atoms with Crippen molar-refractivity contribution in [3.8, 4) is 0 Å². The van der Waals surface area contributed by atoms with Crippen LogP contribution in [0, 0.1) is 5.92 Å². The number of rotatable bonds is 11. The molecule has 0 aromatic heterocycles. The van der Waals surface area contributed by atoms with E-state index >= 15 is 0 Å². The van der Waals surface area contributed by atoms with Crippen molar-refractivity contribution in [1.82, 2.24) is 4.90 Å². The number of hydrogen-bond acceptors (Lipinski definition) is 2. The van der Waals surface area contributed by atoms with Gasteiger partial charge in [0.15, 0.2) is 0 Å². The summed E-state index contributed by atoms with van der Waals surface area (Å²) in [5, 5.41) is 0. The Balaban J connectivity index is 3.46. The van der Waals surface area contributed by atoms with Crippen LogP contribution in [0.4, 0.5) is 0 Å². The van der Waals surface area contributed by atoms with E-state index in [0.717, 1.165) is 12.5 Å². The van der Waals surface area contributed by atoms with Crippen molar-refractivity contribution < 1.29 is 4.74 Å². The highest BCUT2D eigenvalue weighted by molar-refractivity contribution is 4.59. The molecule has 0 aromatic rings. The van der Waals surface area contributed by atoms with E-state index in [9.17, 15) is 0 Å². The minimum absolute atomic E-state index is 0.872. The maximum atomic E-state index is 5.15. The lowest BCUT2D eigenvalue weighted by Crippen LogP contribution is -2.24. The Morgan fingerprint density at radius 2 is 1.69 bits per heavy atom. The molecule has 0 aliphatic rings.